The molecule has 92 valence electrons. The van der Waals surface area contributed by atoms with Crippen LogP contribution in [-0.2, 0) is 0 Å². The number of benzene rings is 1. The summed E-state index contributed by atoms with van der Waals surface area (Å²) in [6.45, 7) is 3.79. The molecule has 0 spiro atoms. The van der Waals surface area contributed by atoms with Gasteiger partial charge in [-0.2, -0.15) is 0 Å². The normalized spacial score (nSPS) is 29.9. The van der Waals surface area contributed by atoms with E-state index in [1.807, 2.05) is 6.08 Å². The monoisotopic (exact) mass is 236 g/mol. The summed E-state index contributed by atoms with van der Waals surface area (Å²) in [7, 11) is 0. The predicted octanol–water partition coefficient (Wildman–Crippen LogP) is 4.96. The lowest BCUT2D eigenvalue weighted by Gasteiger charge is -2.03. The molecular weight excluding hydrogens is 216 g/mol. The average molecular weight is 236 g/mol. The van der Waals surface area contributed by atoms with Crippen LogP contribution in [0, 0.1) is 11.8 Å². The van der Waals surface area contributed by atoms with Crippen LogP contribution >= 0.6 is 0 Å². The fourth-order valence-corrected chi connectivity index (χ4v) is 3.20. The Morgan fingerprint density at radius 1 is 1.00 bits per heavy atom. The Balaban J connectivity index is 0.000000122. The zero-order valence-corrected chi connectivity index (χ0v) is 10.8. The fraction of sp³-hybridized carbons (Fsp3) is 0.333. The van der Waals surface area contributed by atoms with Crippen LogP contribution in [0.2, 0.25) is 0 Å². The van der Waals surface area contributed by atoms with Crippen molar-refractivity contribution in [3.63, 3.8) is 0 Å². The van der Waals surface area contributed by atoms with Crippen molar-refractivity contribution in [2.45, 2.75) is 25.2 Å². The van der Waals surface area contributed by atoms with Gasteiger partial charge in [0, 0.05) is 5.92 Å². The van der Waals surface area contributed by atoms with E-state index in [0.29, 0.717) is 5.92 Å². The molecule has 0 radical (unpaired) electrons. The first-order valence-corrected chi connectivity index (χ1v) is 6.95. The van der Waals surface area contributed by atoms with Crippen LogP contribution < -0.4 is 0 Å². The molecule has 3 atom stereocenters. The Morgan fingerprint density at radius 3 is 2.28 bits per heavy atom. The number of allylic oxidation sites excluding steroid dienone is 4. The first kappa shape index (κ1) is 11.5. The summed E-state index contributed by atoms with van der Waals surface area (Å²) in [5.74, 6) is 2.42. The lowest BCUT2D eigenvalue weighted by Crippen LogP contribution is -1.86. The van der Waals surface area contributed by atoms with E-state index >= 15 is 0 Å². The van der Waals surface area contributed by atoms with E-state index in [1.54, 1.807) is 0 Å². The van der Waals surface area contributed by atoms with Gasteiger partial charge in [0.05, 0.1) is 0 Å². The van der Waals surface area contributed by atoms with Crippen molar-refractivity contribution >= 4 is 6.08 Å². The molecule has 0 amide bonds. The number of hydrogen-bond acceptors (Lipinski definition) is 0. The summed E-state index contributed by atoms with van der Waals surface area (Å²) in [6.07, 6.45) is 15.5. The van der Waals surface area contributed by atoms with E-state index in [0.717, 1.165) is 11.8 Å². The lowest BCUT2D eigenvalue weighted by atomic mass is 10.0. The summed E-state index contributed by atoms with van der Waals surface area (Å²) in [4.78, 5) is 0. The van der Waals surface area contributed by atoms with E-state index in [-0.39, 0.29) is 0 Å². The Kier molecular flexibility index (Phi) is 3.19. The van der Waals surface area contributed by atoms with E-state index < -0.39 is 0 Å². The molecule has 3 aliphatic carbocycles. The smallest absolute Gasteiger partial charge is 0.0205 e. The summed E-state index contributed by atoms with van der Waals surface area (Å²) in [5, 5.41) is 0. The van der Waals surface area contributed by atoms with Gasteiger partial charge < -0.3 is 0 Å². The van der Waals surface area contributed by atoms with Crippen molar-refractivity contribution in [3.8, 4) is 0 Å². The third kappa shape index (κ3) is 2.20. The van der Waals surface area contributed by atoms with Gasteiger partial charge in [0.1, 0.15) is 0 Å². The van der Waals surface area contributed by atoms with Crippen molar-refractivity contribution in [2.24, 2.45) is 11.8 Å². The van der Waals surface area contributed by atoms with Gasteiger partial charge in [0.2, 0.25) is 0 Å². The zero-order valence-electron chi connectivity index (χ0n) is 10.8. The second kappa shape index (κ2) is 4.97. The van der Waals surface area contributed by atoms with Crippen molar-refractivity contribution < 1.29 is 0 Å². The molecule has 1 aromatic rings. The average Bonchev–Trinajstić information content (AvgIpc) is 3.15. The molecule has 4 rings (SSSR count). The predicted molar refractivity (Wildman–Crippen MR) is 78.4 cm³/mol. The van der Waals surface area contributed by atoms with Crippen LogP contribution in [0.25, 0.3) is 6.08 Å². The maximum absolute atomic E-state index is 3.79. The topological polar surface area (TPSA) is 0 Å². The van der Waals surface area contributed by atoms with E-state index in [1.165, 1.54) is 30.4 Å². The van der Waals surface area contributed by atoms with Crippen LogP contribution in [0.5, 0.6) is 0 Å². The van der Waals surface area contributed by atoms with Gasteiger partial charge in [-0.05, 0) is 42.2 Å². The molecule has 0 aromatic heterocycles. The zero-order chi connectivity index (χ0) is 12.4. The van der Waals surface area contributed by atoms with Crippen molar-refractivity contribution in [1.29, 1.82) is 0 Å². The van der Waals surface area contributed by atoms with E-state index in [9.17, 15) is 0 Å². The number of rotatable bonds is 1. The second-order valence-electron chi connectivity index (χ2n) is 5.47. The highest BCUT2D eigenvalue weighted by Crippen LogP contribution is 2.38. The Hall–Kier alpha value is -1.56. The molecule has 1 saturated carbocycles. The van der Waals surface area contributed by atoms with Gasteiger partial charge in [-0.15, -0.1) is 6.58 Å². The first-order valence-electron chi connectivity index (χ1n) is 6.95. The highest BCUT2D eigenvalue weighted by molar-refractivity contribution is 5.63. The minimum Gasteiger partial charge on any atom is -0.102 e. The number of hydrogen-bond donors (Lipinski definition) is 0. The van der Waals surface area contributed by atoms with Gasteiger partial charge in [-0.3, -0.25) is 0 Å². The minimum absolute atomic E-state index is 0.436. The molecule has 0 N–H and O–H groups in total. The van der Waals surface area contributed by atoms with Gasteiger partial charge in [0.15, 0.2) is 0 Å². The fourth-order valence-electron chi connectivity index (χ4n) is 3.20. The van der Waals surface area contributed by atoms with Crippen LogP contribution in [0.1, 0.15) is 36.3 Å². The Morgan fingerprint density at radius 2 is 1.72 bits per heavy atom. The van der Waals surface area contributed by atoms with Crippen LogP contribution in [0.3, 0.4) is 0 Å². The maximum atomic E-state index is 3.79. The number of fused-ring (bicyclic) bond motifs is 3. The van der Waals surface area contributed by atoms with Crippen molar-refractivity contribution in [1.82, 2.24) is 0 Å². The molecule has 0 aliphatic heterocycles. The second-order valence-corrected chi connectivity index (χ2v) is 5.47. The largest absolute Gasteiger partial charge is 0.102 e. The first-order chi connectivity index (χ1) is 8.86. The van der Waals surface area contributed by atoms with Gasteiger partial charge in [0.25, 0.3) is 0 Å². The Labute approximate surface area is 110 Å². The maximum Gasteiger partial charge on any atom is 0.0205 e. The van der Waals surface area contributed by atoms with Gasteiger partial charge in [-0.1, -0.05) is 54.6 Å². The van der Waals surface area contributed by atoms with Crippen molar-refractivity contribution in [3.05, 3.63) is 66.3 Å². The molecule has 0 heterocycles. The highest BCUT2D eigenvalue weighted by atomic mass is 14.3. The molecule has 0 heteroatoms. The lowest BCUT2D eigenvalue weighted by molar-refractivity contribution is 0.691. The molecule has 1 aromatic carbocycles. The highest BCUT2D eigenvalue weighted by Gasteiger charge is 2.25. The quantitative estimate of drug-likeness (QED) is 0.605. The van der Waals surface area contributed by atoms with Crippen LogP contribution in [0.4, 0.5) is 0 Å². The third-order valence-electron chi connectivity index (χ3n) is 4.26. The molecule has 0 saturated heterocycles. The molecule has 18 heavy (non-hydrogen) atoms. The minimum atomic E-state index is 0.436. The molecule has 1 fully saturated rings. The third-order valence-corrected chi connectivity index (χ3v) is 4.26. The summed E-state index contributed by atoms with van der Waals surface area (Å²) < 4.78 is 0. The van der Waals surface area contributed by atoms with Crippen molar-refractivity contribution in [2.75, 3.05) is 0 Å². The standard InChI is InChI=1S/C11H10.C7H10/c1-2-9-7-8-10-5-3-4-6-11(9)10;1-2-7-4-3-6(1)5-7/h2-9H,1H2;1-2,6-7H,3-5H2. The summed E-state index contributed by atoms with van der Waals surface area (Å²) in [5.41, 5.74) is 2.71. The SMILES string of the molecule is C1=CC2CCC1C2.C=CC1C=Cc2ccccc21. The molecule has 3 unspecified atom stereocenters. The Bertz CT molecular complexity index is 481. The van der Waals surface area contributed by atoms with Gasteiger partial charge >= 0.3 is 0 Å². The molecule has 3 aliphatic rings. The summed E-state index contributed by atoms with van der Waals surface area (Å²) in [6, 6.07) is 8.42. The molecular formula is C18H20. The molecule has 0 nitrogen and oxygen atoms in total. The van der Waals surface area contributed by atoms with Crippen LogP contribution in [-0.4, -0.2) is 0 Å². The van der Waals surface area contributed by atoms with E-state index in [2.05, 4.69) is 55.1 Å². The summed E-state index contributed by atoms with van der Waals surface area (Å²) >= 11 is 0. The van der Waals surface area contributed by atoms with Gasteiger partial charge in [-0.25, -0.2) is 0 Å². The van der Waals surface area contributed by atoms with E-state index in [4.69, 9.17) is 0 Å². The molecule has 2 bridgehead atoms. The van der Waals surface area contributed by atoms with Crippen LogP contribution in [0.15, 0.2) is 55.1 Å².